The molecule has 0 aliphatic heterocycles. The van der Waals surface area contributed by atoms with Gasteiger partial charge in [0.25, 0.3) is 0 Å². The fourth-order valence-electron chi connectivity index (χ4n) is 4.42. The van der Waals surface area contributed by atoms with Gasteiger partial charge in [-0.25, -0.2) is 0 Å². The molecule has 2 rings (SSSR count). The lowest BCUT2D eigenvalue weighted by molar-refractivity contribution is -0.935. The van der Waals surface area contributed by atoms with E-state index in [1.165, 1.54) is 88.3 Å². The minimum absolute atomic E-state index is 1.10. The van der Waals surface area contributed by atoms with Crippen molar-refractivity contribution in [3.8, 4) is 0 Å². The predicted molar refractivity (Wildman–Crippen MR) is 128 cm³/mol. The van der Waals surface area contributed by atoms with Gasteiger partial charge in [-0.2, -0.15) is 0 Å². The molecule has 0 saturated carbocycles. The molecule has 2 aromatic rings. The lowest BCUT2D eigenvalue weighted by Gasteiger charge is -2.35. The summed E-state index contributed by atoms with van der Waals surface area (Å²) in [4.78, 5) is 0. The van der Waals surface area contributed by atoms with Crippen molar-refractivity contribution < 1.29 is 4.48 Å². The summed E-state index contributed by atoms with van der Waals surface area (Å²) >= 11 is 0. The minimum Gasteiger partial charge on any atom is -0.319 e. The molecule has 0 fully saturated rings. The monoisotopic (exact) mass is 394 g/mol. The van der Waals surface area contributed by atoms with Gasteiger partial charge in [-0.15, -0.1) is 0 Å². The molecule has 2 aromatic carbocycles. The van der Waals surface area contributed by atoms with E-state index in [9.17, 15) is 0 Å². The summed E-state index contributed by atoms with van der Waals surface area (Å²) in [5, 5.41) is 0. The van der Waals surface area contributed by atoms with Crippen molar-refractivity contribution in [1.29, 1.82) is 0 Å². The van der Waals surface area contributed by atoms with Gasteiger partial charge in [0.1, 0.15) is 13.1 Å². The Morgan fingerprint density at radius 1 is 0.517 bits per heavy atom. The summed E-state index contributed by atoms with van der Waals surface area (Å²) in [7, 11) is 2.44. The maximum absolute atomic E-state index is 2.44. The molecule has 0 amide bonds. The minimum atomic E-state index is 1.10. The van der Waals surface area contributed by atoms with Gasteiger partial charge in [0.2, 0.25) is 0 Å². The van der Waals surface area contributed by atoms with Crippen molar-refractivity contribution in [2.75, 3.05) is 13.6 Å². The summed E-state index contributed by atoms with van der Waals surface area (Å²) < 4.78 is 1.10. The smallest absolute Gasteiger partial charge is 0.104 e. The molecule has 0 heterocycles. The number of benzene rings is 2. The molecule has 0 N–H and O–H groups in total. The number of hydrogen-bond acceptors (Lipinski definition) is 0. The van der Waals surface area contributed by atoms with E-state index < -0.39 is 0 Å². The number of quaternary nitrogens is 1. The van der Waals surface area contributed by atoms with Crippen molar-refractivity contribution in [3.63, 3.8) is 0 Å². The molecule has 0 radical (unpaired) electrons. The normalized spacial score (nSPS) is 11.7. The van der Waals surface area contributed by atoms with E-state index in [-0.39, 0.29) is 0 Å². The average Bonchev–Trinajstić information content (AvgIpc) is 2.73. The summed E-state index contributed by atoms with van der Waals surface area (Å²) in [5.41, 5.74) is 2.91. The van der Waals surface area contributed by atoms with Crippen molar-refractivity contribution in [2.24, 2.45) is 0 Å². The first-order valence-electron chi connectivity index (χ1n) is 12.1. The molecule has 1 nitrogen and oxygen atoms in total. The summed E-state index contributed by atoms with van der Waals surface area (Å²) in [5.74, 6) is 0. The highest BCUT2D eigenvalue weighted by atomic mass is 15.3. The fourth-order valence-corrected chi connectivity index (χ4v) is 4.42. The number of hydrogen-bond donors (Lipinski definition) is 0. The third-order valence-corrected chi connectivity index (χ3v) is 6.12. The Balaban J connectivity index is 1.70. The number of nitrogens with zero attached hydrogens (tertiary/aromatic N) is 1. The van der Waals surface area contributed by atoms with Crippen molar-refractivity contribution in [2.45, 2.75) is 90.6 Å². The van der Waals surface area contributed by atoms with Crippen LogP contribution in [0.3, 0.4) is 0 Å². The Morgan fingerprint density at radius 2 is 0.897 bits per heavy atom. The Bertz CT molecular complexity index is 578. The first-order valence-corrected chi connectivity index (χ1v) is 12.1. The van der Waals surface area contributed by atoms with Crippen LogP contribution in [-0.2, 0) is 13.1 Å². The highest BCUT2D eigenvalue weighted by Crippen LogP contribution is 2.20. The van der Waals surface area contributed by atoms with Gasteiger partial charge in [-0.1, -0.05) is 125 Å². The quantitative estimate of drug-likeness (QED) is 0.199. The predicted octanol–water partition coefficient (Wildman–Crippen LogP) is 8.14. The van der Waals surface area contributed by atoms with Crippen LogP contribution in [0.25, 0.3) is 0 Å². The third-order valence-electron chi connectivity index (χ3n) is 6.12. The molecular weight excluding hydrogens is 350 g/mol. The lowest BCUT2D eigenvalue weighted by atomic mass is 10.1. The van der Waals surface area contributed by atoms with E-state index in [4.69, 9.17) is 0 Å². The first-order chi connectivity index (χ1) is 14.2. The number of unbranched alkanes of at least 4 members (excludes halogenated alkanes) is 10. The van der Waals surface area contributed by atoms with Crippen LogP contribution in [0.15, 0.2) is 60.7 Å². The fraction of sp³-hybridized carbons (Fsp3) is 0.571. The molecule has 0 spiro atoms. The van der Waals surface area contributed by atoms with E-state index in [0.29, 0.717) is 0 Å². The van der Waals surface area contributed by atoms with Crippen LogP contribution in [0.2, 0.25) is 0 Å². The molecule has 160 valence electrons. The Morgan fingerprint density at radius 3 is 1.31 bits per heavy atom. The summed E-state index contributed by atoms with van der Waals surface area (Å²) in [6.07, 6.45) is 15.5. The van der Waals surface area contributed by atoms with E-state index >= 15 is 0 Å². The van der Waals surface area contributed by atoms with Gasteiger partial charge in [0, 0.05) is 11.1 Å². The van der Waals surface area contributed by atoms with Crippen LogP contribution in [-0.4, -0.2) is 18.1 Å². The van der Waals surface area contributed by atoms with E-state index in [0.717, 1.165) is 17.6 Å². The zero-order chi connectivity index (χ0) is 20.6. The average molecular weight is 395 g/mol. The molecule has 0 atom stereocenters. The molecule has 1 heteroatoms. The van der Waals surface area contributed by atoms with Gasteiger partial charge in [0.05, 0.1) is 13.6 Å². The van der Waals surface area contributed by atoms with Gasteiger partial charge < -0.3 is 4.48 Å². The van der Waals surface area contributed by atoms with Crippen LogP contribution in [0.5, 0.6) is 0 Å². The Kier molecular flexibility index (Phi) is 11.8. The molecule has 0 aliphatic carbocycles. The Labute approximate surface area is 180 Å². The second kappa shape index (κ2) is 14.4. The molecule has 29 heavy (non-hydrogen) atoms. The molecular formula is C28H44N+. The van der Waals surface area contributed by atoms with Gasteiger partial charge in [0.15, 0.2) is 0 Å². The van der Waals surface area contributed by atoms with Gasteiger partial charge >= 0.3 is 0 Å². The molecule has 0 bridgehead atoms. The highest BCUT2D eigenvalue weighted by molar-refractivity contribution is 5.15. The summed E-state index contributed by atoms with van der Waals surface area (Å²) in [6.45, 7) is 5.80. The zero-order valence-electron chi connectivity index (χ0n) is 19.1. The molecule has 0 aromatic heterocycles. The number of rotatable bonds is 16. The topological polar surface area (TPSA) is 0 Å². The first kappa shape index (κ1) is 23.7. The van der Waals surface area contributed by atoms with Crippen molar-refractivity contribution in [3.05, 3.63) is 71.8 Å². The standard InChI is InChI=1S/C28H44N/c1-3-4-5-6-7-8-9-10-11-12-19-24-29(2,25-27-20-15-13-16-21-27)26-28-22-17-14-18-23-28/h13-18,20-23H,3-12,19,24-26H2,1-2H3/q+1. The maximum Gasteiger partial charge on any atom is 0.104 e. The van der Waals surface area contributed by atoms with Crippen LogP contribution < -0.4 is 0 Å². The van der Waals surface area contributed by atoms with E-state index in [1.54, 1.807) is 0 Å². The van der Waals surface area contributed by atoms with Crippen LogP contribution in [0.4, 0.5) is 0 Å². The van der Waals surface area contributed by atoms with Crippen molar-refractivity contribution in [1.82, 2.24) is 0 Å². The van der Waals surface area contributed by atoms with E-state index in [2.05, 4.69) is 74.6 Å². The largest absolute Gasteiger partial charge is 0.319 e. The second-order valence-electron chi connectivity index (χ2n) is 9.17. The SMILES string of the molecule is CCCCCCCCCCCCC[N+](C)(Cc1ccccc1)Cc1ccccc1. The van der Waals surface area contributed by atoms with E-state index in [1.807, 2.05) is 0 Å². The molecule has 0 unspecified atom stereocenters. The molecule has 0 aliphatic rings. The maximum atomic E-state index is 2.44. The Hall–Kier alpha value is -1.60. The van der Waals surface area contributed by atoms with Crippen LogP contribution >= 0.6 is 0 Å². The molecule has 0 saturated heterocycles. The second-order valence-corrected chi connectivity index (χ2v) is 9.17. The third kappa shape index (κ3) is 10.7. The van der Waals surface area contributed by atoms with Crippen LogP contribution in [0, 0.1) is 0 Å². The lowest BCUT2D eigenvalue weighted by Crippen LogP contribution is -2.43. The van der Waals surface area contributed by atoms with Crippen LogP contribution in [0.1, 0.15) is 88.7 Å². The zero-order valence-corrected chi connectivity index (χ0v) is 19.1. The van der Waals surface area contributed by atoms with Gasteiger partial charge in [-0.3, -0.25) is 0 Å². The highest BCUT2D eigenvalue weighted by Gasteiger charge is 2.22. The van der Waals surface area contributed by atoms with Gasteiger partial charge in [-0.05, 0) is 12.8 Å². The van der Waals surface area contributed by atoms with Crippen molar-refractivity contribution >= 4 is 0 Å². The summed E-state index contributed by atoms with van der Waals surface area (Å²) in [6, 6.07) is 22.0.